The normalized spacial score (nSPS) is 34.2. The Kier molecular flexibility index (Phi) is 5.89. The Morgan fingerprint density at radius 1 is 1.22 bits per heavy atom. The molecule has 0 radical (unpaired) electrons. The van der Waals surface area contributed by atoms with Gasteiger partial charge >= 0.3 is 0 Å². The average molecular weight is 516 g/mol. The number of nitrogens with two attached hydrogens (primary N) is 1. The summed E-state index contributed by atoms with van der Waals surface area (Å²) in [5, 5.41) is 22.2. The lowest BCUT2D eigenvalue weighted by Crippen LogP contribution is -2.74. The van der Waals surface area contributed by atoms with Crippen LogP contribution in [0, 0.1) is 35.4 Å². The molecule has 10 nitrogen and oxygen atoms in total. The van der Waals surface area contributed by atoms with Crippen molar-refractivity contribution in [2.75, 3.05) is 27.2 Å². The summed E-state index contributed by atoms with van der Waals surface area (Å²) in [6, 6.07) is -0.00452. The summed E-state index contributed by atoms with van der Waals surface area (Å²) in [5.74, 6) is -11.7. The standard InChI is InChI=1S/C26H30FN3O7/c1-10-7-30(8-10)9-12-6-15(31)17-13(19(12)27)4-11-5-14-20(29(2)3)22(33)18(25(28)36)24(35)26(14,37)23(34)16(11)21(17)32/h6,10-11,14,16,18,20,31,37H,4-5,7-9H2,1-3H3,(H2,28,36)/t11-,14-,16?,18?,20-,26-/m0/s1. The minimum atomic E-state index is -2.79. The van der Waals surface area contributed by atoms with Crippen molar-refractivity contribution in [2.45, 2.75) is 38.0 Å². The molecule has 0 bridgehead atoms. The van der Waals surface area contributed by atoms with Crippen LogP contribution in [0.3, 0.4) is 0 Å². The zero-order valence-electron chi connectivity index (χ0n) is 20.9. The van der Waals surface area contributed by atoms with E-state index in [1.54, 1.807) is 0 Å². The molecule has 3 fully saturated rings. The molecule has 1 saturated heterocycles. The van der Waals surface area contributed by atoms with Crippen molar-refractivity contribution in [3.8, 4) is 5.75 Å². The molecule has 2 unspecified atom stereocenters. The van der Waals surface area contributed by atoms with Gasteiger partial charge in [-0.3, -0.25) is 33.8 Å². The fourth-order valence-corrected chi connectivity index (χ4v) is 7.02. The number of rotatable bonds is 4. The highest BCUT2D eigenvalue weighted by Crippen LogP contribution is 2.51. The Morgan fingerprint density at radius 3 is 2.43 bits per heavy atom. The minimum Gasteiger partial charge on any atom is -0.507 e. The highest BCUT2D eigenvalue weighted by atomic mass is 19.1. The average Bonchev–Trinajstić information content (AvgIpc) is 2.77. The van der Waals surface area contributed by atoms with Gasteiger partial charge in [-0.2, -0.15) is 0 Å². The van der Waals surface area contributed by atoms with Crippen LogP contribution < -0.4 is 5.73 Å². The molecular formula is C26H30FN3O7. The topological polar surface area (TPSA) is 158 Å². The molecule has 198 valence electrons. The number of amides is 1. The van der Waals surface area contributed by atoms with Crippen molar-refractivity contribution in [3.05, 3.63) is 28.6 Å². The Bertz CT molecular complexity index is 1260. The summed E-state index contributed by atoms with van der Waals surface area (Å²) < 4.78 is 15.7. The molecule has 2 saturated carbocycles. The number of aliphatic hydroxyl groups is 1. The van der Waals surface area contributed by atoms with Gasteiger partial charge in [-0.1, -0.05) is 6.92 Å². The smallest absolute Gasteiger partial charge is 0.235 e. The summed E-state index contributed by atoms with van der Waals surface area (Å²) >= 11 is 0. The fraction of sp³-hybridized carbons (Fsp3) is 0.577. The molecule has 4 aliphatic rings. The molecule has 0 aromatic heterocycles. The highest BCUT2D eigenvalue weighted by molar-refractivity contribution is 6.32. The second-order valence-corrected chi connectivity index (χ2v) is 11.3. The lowest BCUT2D eigenvalue weighted by molar-refractivity contribution is -0.181. The first-order valence-electron chi connectivity index (χ1n) is 12.4. The number of phenolic OH excluding ortho intramolecular Hbond substituents is 1. The molecule has 6 atom stereocenters. The van der Waals surface area contributed by atoms with Gasteiger partial charge in [-0.15, -0.1) is 0 Å². The van der Waals surface area contributed by atoms with Crippen molar-refractivity contribution in [1.29, 1.82) is 0 Å². The predicted octanol–water partition coefficient (Wildman–Crippen LogP) is -0.542. The molecule has 4 N–H and O–H groups in total. The second-order valence-electron chi connectivity index (χ2n) is 11.3. The van der Waals surface area contributed by atoms with Crippen molar-refractivity contribution < 1.29 is 38.6 Å². The van der Waals surface area contributed by atoms with E-state index in [1.165, 1.54) is 25.1 Å². The maximum atomic E-state index is 15.7. The van der Waals surface area contributed by atoms with E-state index in [2.05, 4.69) is 6.92 Å². The van der Waals surface area contributed by atoms with Gasteiger partial charge in [0.05, 0.1) is 17.5 Å². The quantitative estimate of drug-likeness (QED) is 0.448. The summed E-state index contributed by atoms with van der Waals surface area (Å²) in [4.78, 5) is 69.0. The number of phenols is 1. The van der Waals surface area contributed by atoms with Crippen molar-refractivity contribution in [3.63, 3.8) is 0 Å². The van der Waals surface area contributed by atoms with Gasteiger partial charge in [-0.25, -0.2) is 4.39 Å². The third kappa shape index (κ3) is 3.51. The van der Waals surface area contributed by atoms with Crippen LogP contribution in [0.2, 0.25) is 0 Å². The Morgan fingerprint density at radius 2 is 1.86 bits per heavy atom. The van der Waals surface area contributed by atoms with Crippen molar-refractivity contribution in [1.82, 2.24) is 9.80 Å². The van der Waals surface area contributed by atoms with E-state index in [0.29, 0.717) is 5.92 Å². The van der Waals surface area contributed by atoms with Gasteiger partial charge in [0, 0.05) is 36.7 Å². The number of fused-ring (bicyclic) bond motifs is 3. The number of Topliss-reactive ketones (excluding diaryl/α,β-unsaturated/α-hetero) is 4. The van der Waals surface area contributed by atoms with Crippen LogP contribution in [-0.2, 0) is 32.1 Å². The van der Waals surface area contributed by atoms with E-state index in [-0.39, 0.29) is 36.1 Å². The van der Waals surface area contributed by atoms with E-state index in [9.17, 15) is 34.2 Å². The summed E-state index contributed by atoms with van der Waals surface area (Å²) in [7, 11) is 3.02. The molecule has 1 aromatic carbocycles. The highest BCUT2D eigenvalue weighted by Gasteiger charge is 2.69. The number of benzene rings is 1. The van der Waals surface area contributed by atoms with Gasteiger partial charge in [0.1, 0.15) is 11.6 Å². The van der Waals surface area contributed by atoms with Crippen molar-refractivity contribution in [2.24, 2.45) is 35.3 Å². The lowest BCUT2D eigenvalue weighted by atomic mass is 9.52. The maximum Gasteiger partial charge on any atom is 0.235 e. The number of nitrogens with zero attached hydrogens (tertiary/aromatic N) is 2. The van der Waals surface area contributed by atoms with Crippen molar-refractivity contribution >= 4 is 29.0 Å². The number of carbonyl (C=O) groups is 5. The Balaban J connectivity index is 1.57. The SMILES string of the molecule is CC1CN(Cc2cc(O)c3c(c2F)C[C@H]2C[C@H]4[C@H](N(C)C)C(=O)C(C(N)=O)C(=O)[C@@]4(O)C(=O)C2C3=O)C1. The summed E-state index contributed by atoms with van der Waals surface area (Å²) in [6.07, 6.45) is -0.201. The molecular weight excluding hydrogens is 485 g/mol. The number of likely N-dealkylation sites (tertiary alicyclic amines) is 1. The first-order chi connectivity index (χ1) is 17.3. The molecule has 1 aromatic rings. The molecule has 0 spiro atoms. The number of hydrogen-bond donors (Lipinski definition) is 3. The van der Waals surface area contributed by atoms with Crippen LogP contribution in [0.25, 0.3) is 0 Å². The summed E-state index contributed by atoms with van der Waals surface area (Å²) in [6.45, 7) is 3.91. The largest absolute Gasteiger partial charge is 0.507 e. The van der Waals surface area contributed by atoms with Gasteiger partial charge < -0.3 is 15.9 Å². The van der Waals surface area contributed by atoms with Crippen LogP contribution in [0.4, 0.5) is 4.39 Å². The molecule has 1 heterocycles. The molecule has 1 aliphatic heterocycles. The molecule has 3 aliphatic carbocycles. The van der Waals surface area contributed by atoms with Gasteiger partial charge in [0.15, 0.2) is 34.7 Å². The maximum absolute atomic E-state index is 15.7. The Labute approximate surface area is 212 Å². The second kappa shape index (κ2) is 8.50. The van der Waals surface area contributed by atoms with Crippen LogP contribution >= 0.6 is 0 Å². The number of halogens is 1. The van der Waals surface area contributed by atoms with E-state index >= 15 is 4.39 Å². The number of aromatic hydroxyl groups is 1. The number of hydrogen-bond acceptors (Lipinski definition) is 9. The van der Waals surface area contributed by atoms with E-state index in [1.807, 2.05) is 4.90 Å². The predicted molar refractivity (Wildman–Crippen MR) is 126 cm³/mol. The molecule has 11 heteroatoms. The lowest BCUT2D eigenvalue weighted by Gasteiger charge is -2.52. The molecule has 1 amide bonds. The number of ketones is 4. The molecule has 37 heavy (non-hydrogen) atoms. The van der Waals surface area contributed by atoms with E-state index in [4.69, 9.17) is 5.73 Å². The zero-order valence-corrected chi connectivity index (χ0v) is 20.9. The van der Waals surface area contributed by atoms with Gasteiger partial charge in [0.25, 0.3) is 0 Å². The Hall–Kier alpha value is -3.02. The zero-order chi connectivity index (χ0) is 27.1. The van der Waals surface area contributed by atoms with Crippen LogP contribution in [-0.4, -0.2) is 87.9 Å². The third-order valence-electron chi connectivity index (χ3n) is 8.60. The van der Waals surface area contributed by atoms with Crippen LogP contribution in [0.15, 0.2) is 6.07 Å². The number of primary amides is 1. The summed E-state index contributed by atoms with van der Waals surface area (Å²) in [5.41, 5.74) is 2.42. The van der Waals surface area contributed by atoms with E-state index < -0.39 is 75.9 Å². The van der Waals surface area contributed by atoms with Gasteiger partial charge in [0.2, 0.25) is 5.91 Å². The first kappa shape index (κ1) is 25.6. The van der Waals surface area contributed by atoms with Crippen LogP contribution in [0.1, 0.15) is 34.8 Å². The first-order valence-corrected chi connectivity index (χ1v) is 12.4. The van der Waals surface area contributed by atoms with Gasteiger partial charge in [-0.05, 0) is 44.8 Å². The molecule has 5 rings (SSSR count). The minimum absolute atomic E-state index is 0.00191. The van der Waals surface area contributed by atoms with E-state index in [0.717, 1.165) is 13.1 Å². The number of likely N-dealkylation sites (N-methyl/N-ethyl adjacent to an activating group) is 1. The van der Waals surface area contributed by atoms with Crippen LogP contribution in [0.5, 0.6) is 5.75 Å². The monoisotopic (exact) mass is 515 g/mol. The fourth-order valence-electron chi connectivity index (χ4n) is 7.02. The third-order valence-corrected chi connectivity index (χ3v) is 8.60. The number of carbonyl (C=O) groups excluding carboxylic acids is 5.